The van der Waals surface area contributed by atoms with Crippen molar-refractivity contribution < 1.29 is 13.5 Å². The van der Waals surface area contributed by atoms with Crippen molar-refractivity contribution in [2.24, 2.45) is 0 Å². The van der Waals surface area contributed by atoms with Crippen molar-refractivity contribution in [1.29, 1.82) is 0 Å². The number of hydrogen-bond acceptors (Lipinski definition) is 3. The van der Waals surface area contributed by atoms with E-state index in [4.69, 9.17) is 4.74 Å². The molecule has 1 aromatic heterocycles. The van der Waals surface area contributed by atoms with Crippen LogP contribution < -0.4 is 10.3 Å². The first-order valence-corrected chi connectivity index (χ1v) is 7.21. The second-order valence-corrected chi connectivity index (χ2v) is 5.05. The highest BCUT2D eigenvalue weighted by Crippen LogP contribution is 2.27. The van der Waals surface area contributed by atoms with Gasteiger partial charge in [-0.25, -0.2) is 13.8 Å². The van der Waals surface area contributed by atoms with Gasteiger partial charge in [-0.1, -0.05) is 19.1 Å². The molecule has 0 atom stereocenters. The summed E-state index contributed by atoms with van der Waals surface area (Å²) in [7, 11) is 0. The van der Waals surface area contributed by atoms with Crippen molar-refractivity contribution in [3.8, 4) is 17.1 Å². The summed E-state index contributed by atoms with van der Waals surface area (Å²) in [5.41, 5.74) is 0.239. The molecule has 0 aliphatic rings. The Kier molecular flexibility index (Phi) is 4.06. The Hall–Kier alpha value is -2.76. The van der Waals surface area contributed by atoms with E-state index in [1.54, 1.807) is 24.3 Å². The predicted molar refractivity (Wildman–Crippen MR) is 83.5 cm³/mol. The molecule has 0 bridgehead atoms. The van der Waals surface area contributed by atoms with Crippen LogP contribution in [-0.4, -0.2) is 16.6 Å². The van der Waals surface area contributed by atoms with E-state index in [0.29, 0.717) is 17.3 Å². The molecule has 3 rings (SSSR count). The van der Waals surface area contributed by atoms with Gasteiger partial charge in [0.2, 0.25) is 0 Å². The number of halogens is 2. The number of hydrogen-bond donors (Lipinski definition) is 1. The third-order valence-electron chi connectivity index (χ3n) is 3.34. The van der Waals surface area contributed by atoms with Crippen LogP contribution in [0, 0.1) is 11.6 Å². The average molecular weight is 316 g/mol. The zero-order valence-electron chi connectivity index (χ0n) is 12.4. The van der Waals surface area contributed by atoms with Crippen LogP contribution in [0.5, 0.6) is 5.75 Å². The van der Waals surface area contributed by atoms with Crippen molar-refractivity contribution in [2.75, 3.05) is 6.61 Å². The van der Waals surface area contributed by atoms with Gasteiger partial charge in [0, 0.05) is 5.56 Å². The highest BCUT2D eigenvalue weighted by Gasteiger charge is 2.15. The lowest BCUT2D eigenvalue weighted by molar-refractivity contribution is 0.285. The molecule has 0 unspecified atom stereocenters. The fourth-order valence-corrected chi connectivity index (χ4v) is 2.26. The van der Waals surface area contributed by atoms with E-state index in [2.05, 4.69) is 9.97 Å². The first kappa shape index (κ1) is 15.1. The lowest BCUT2D eigenvalue weighted by Gasteiger charge is -2.09. The number of ether oxygens (including phenoxy) is 1. The quantitative estimate of drug-likeness (QED) is 0.799. The molecule has 0 spiro atoms. The van der Waals surface area contributed by atoms with Gasteiger partial charge in [-0.15, -0.1) is 0 Å². The molecule has 1 N–H and O–H groups in total. The van der Waals surface area contributed by atoms with Gasteiger partial charge in [-0.05, 0) is 30.7 Å². The molecule has 2 aromatic carbocycles. The molecule has 0 aliphatic carbocycles. The highest BCUT2D eigenvalue weighted by molar-refractivity contribution is 5.79. The molecular weight excluding hydrogens is 302 g/mol. The first-order chi connectivity index (χ1) is 11.1. The minimum atomic E-state index is -0.829. The smallest absolute Gasteiger partial charge is 0.259 e. The van der Waals surface area contributed by atoms with E-state index in [0.717, 1.165) is 12.1 Å². The molecule has 0 aliphatic heterocycles. The fraction of sp³-hybridized carbons (Fsp3) is 0.176. The Morgan fingerprint density at radius 2 is 1.87 bits per heavy atom. The Balaban J connectivity index is 2.10. The zero-order valence-corrected chi connectivity index (χ0v) is 12.4. The van der Waals surface area contributed by atoms with Crippen LogP contribution in [0.25, 0.3) is 22.3 Å². The molecular formula is C17H14F2N2O2. The summed E-state index contributed by atoms with van der Waals surface area (Å²) >= 11 is 0. The van der Waals surface area contributed by atoms with E-state index >= 15 is 0 Å². The number of para-hydroxylation sites is 1. The van der Waals surface area contributed by atoms with Crippen molar-refractivity contribution >= 4 is 10.9 Å². The lowest BCUT2D eigenvalue weighted by Crippen LogP contribution is -2.10. The fourth-order valence-electron chi connectivity index (χ4n) is 2.26. The summed E-state index contributed by atoms with van der Waals surface area (Å²) in [6.07, 6.45) is 0.639. The van der Waals surface area contributed by atoms with Gasteiger partial charge >= 0.3 is 0 Å². The molecule has 0 amide bonds. The second-order valence-electron chi connectivity index (χ2n) is 5.05. The van der Waals surface area contributed by atoms with Gasteiger partial charge < -0.3 is 9.72 Å². The molecule has 23 heavy (non-hydrogen) atoms. The summed E-state index contributed by atoms with van der Waals surface area (Å²) in [6.45, 7) is 2.06. The first-order valence-electron chi connectivity index (χ1n) is 7.21. The molecule has 4 nitrogen and oxygen atoms in total. The summed E-state index contributed by atoms with van der Waals surface area (Å²) in [5.74, 6) is -1.97. The molecule has 0 saturated carbocycles. The van der Waals surface area contributed by atoms with E-state index < -0.39 is 17.4 Å². The highest BCUT2D eigenvalue weighted by atomic mass is 19.1. The van der Waals surface area contributed by atoms with E-state index in [-0.39, 0.29) is 23.6 Å². The van der Waals surface area contributed by atoms with Gasteiger partial charge in [0.05, 0.1) is 17.5 Å². The normalized spacial score (nSPS) is 10.9. The largest absolute Gasteiger partial charge is 0.488 e. The van der Waals surface area contributed by atoms with Crippen molar-refractivity contribution in [3.05, 3.63) is 58.4 Å². The monoisotopic (exact) mass is 316 g/mol. The van der Waals surface area contributed by atoms with E-state index in [1.165, 1.54) is 0 Å². The van der Waals surface area contributed by atoms with Crippen LogP contribution in [0.1, 0.15) is 13.3 Å². The predicted octanol–water partition coefficient (Wildman–Crippen LogP) is 3.66. The third kappa shape index (κ3) is 2.92. The number of nitrogens with zero attached hydrogens (tertiary/aromatic N) is 1. The number of aromatic nitrogens is 2. The molecule has 1 heterocycles. The van der Waals surface area contributed by atoms with Crippen LogP contribution in [0.2, 0.25) is 0 Å². The SMILES string of the molecule is CCCOc1c(F)cc(-c2nc3ccccc3c(=O)[nH]2)cc1F. The minimum Gasteiger partial charge on any atom is -0.488 e. The molecule has 0 fully saturated rings. The topological polar surface area (TPSA) is 55.0 Å². The number of fused-ring (bicyclic) bond motifs is 1. The number of H-pyrrole nitrogens is 1. The maximum atomic E-state index is 14.0. The van der Waals surface area contributed by atoms with Gasteiger partial charge in [-0.2, -0.15) is 0 Å². The lowest BCUT2D eigenvalue weighted by atomic mass is 10.1. The number of aromatic amines is 1. The molecule has 3 aromatic rings. The Morgan fingerprint density at radius 1 is 1.17 bits per heavy atom. The van der Waals surface area contributed by atoms with Crippen LogP contribution >= 0.6 is 0 Å². The average Bonchev–Trinajstić information content (AvgIpc) is 2.54. The second kappa shape index (κ2) is 6.16. The van der Waals surface area contributed by atoms with Gasteiger partial charge in [0.1, 0.15) is 5.82 Å². The molecule has 118 valence electrons. The Morgan fingerprint density at radius 3 is 2.57 bits per heavy atom. The van der Waals surface area contributed by atoms with Gasteiger partial charge in [0.15, 0.2) is 17.4 Å². The number of benzene rings is 2. The summed E-state index contributed by atoms with van der Waals surface area (Å²) in [4.78, 5) is 18.8. The van der Waals surface area contributed by atoms with Crippen molar-refractivity contribution in [2.45, 2.75) is 13.3 Å². The molecule has 0 saturated heterocycles. The summed E-state index contributed by atoms with van der Waals surface area (Å²) in [5, 5.41) is 0.417. The van der Waals surface area contributed by atoms with Gasteiger partial charge in [0.25, 0.3) is 5.56 Å². The van der Waals surface area contributed by atoms with Crippen molar-refractivity contribution in [1.82, 2.24) is 9.97 Å². The van der Waals surface area contributed by atoms with Crippen molar-refractivity contribution in [3.63, 3.8) is 0 Å². The number of rotatable bonds is 4. The van der Waals surface area contributed by atoms with Gasteiger partial charge in [-0.3, -0.25) is 4.79 Å². The van der Waals surface area contributed by atoms with E-state index in [9.17, 15) is 13.6 Å². The van der Waals surface area contributed by atoms with Crippen LogP contribution in [-0.2, 0) is 0 Å². The standard InChI is InChI=1S/C17H14F2N2O2/c1-2-7-23-15-12(18)8-10(9-13(15)19)16-20-14-6-4-3-5-11(14)17(22)21-16/h3-6,8-9H,2,7H2,1H3,(H,20,21,22). The molecule has 6 heteroatoms. The summed E-state index contributed by atoms with van der Waals surface area (Å²) < 4.78 is 33.2. The Labute approximate surface area is 130 Å². The third-order valence-corrected chi connectivity index (χ3v) is 3.34. The van der Waals surface area contributed by atoms with Crippen LogP contribution in [0.3, 0.4) is 0 Å². The Bertz CT molecular complexity index is 899. The van der Waals surface area contributed by atoms with Crippen LogP contribution in [0.15, 0.2) is 41.2 Å². The molecule has 0 radical (unpaired) electrons. The summed E-state index contributed by atoms with van der Waals surface area (Å²) in [6, 6.07) is 8.95. The maximum absolute atomic E-state index is 14.0. The van der Waals surface area contributed by atoms with Crippen LogP contribution in [0.4, 0.5) is 8.78 Å². The number of nitrogens with one attached hydrogen (secondary N) is 1. The van der Waals surface area contributed by atoms with E-state index in [1.807, 2.05) is 6.92 Å². The minimum absolute atomic E-state index is 0.105. The maximum Gasteiger partial charge on any atom is 0.259 e. The zero-order chi connectivity index (χ0) is 16.4.